The van der Waals surface area contributed by atoms with E-state index in [1.807, 2.05) is 51.5 Å². The number of aromatic nitrogens is 15. The lowest BCUT2D eigenvalue weighted by atomic mass is 9.93. The quantitative estimate of drug-likeness (QED) is 0.0343. The second kappa shape index (κ2) is 54.4. The number of aliphatic hydroxyl groups excluding tert-OH is 3. The van der Waals surface area contributed by atoms with Crippen LogP contribution in [0.4, 0.5) is 13.2 Å². The van der Waals surface area contributed by atoms with Gasteiger partial charge in [0.1, 0.15) is 68.9 Å². The molecule has 0 atom stereocenters. The number of H-pyrrole nitrogens is 1. The van der Waals surface area contributed by atoms with E-state index in [2.05, 4.69) is 288 Å². The molecule has 25 nitrogen and oxygen atoms in total. The molecule has 10 aromatic heterocycles. The molecule has 5 fully saturated rings. The Bertz CT molecular complexity index is 6210. The second-order valence-electron chi connectivity index (χ2n) is 45.6. The van der Waals surface area contributed by atoms with E-state index in [1.165, 1.54) is 61.4 Å². The van der Waals surface area contributed by atoms with Crippen molar-refractivity contribution in [3.05, 3.63) is 194 Å². The SMILES string of the molecule is CC(C)(C)[Si](C)(C)OC1CCC(O)CC1.CC(C)(C)[Si](C)(C)OC1CCC(n2cc(Br)c3cnc(Cl)nc32)CC1.CCCCN.CO.Cc1ncc2c(-c3ccc(F)cc3)cn(C3CCC(O)CC3)c2n1.Cc1ncc2c(-c3ccc(F)cc3)cn(C3CCC(O[Si](C)(C)C(C)(C)C)CC3)c2n1.Cc1ncc2c(Br)cn(C3CCC(O[Si](C)(C)C(C)(C)C)CC3)c2n1.Clc1ncc2c(Br)c[nH]c2n1.O[B]Oc1ccc(F)cc1. The van der Waals surface area contributed by atoms with Crippen LogP contribution >= 0.6 is 71.0 Å². The summed E-state index contributed by atoms with van der Waals surface area (Å²) in [6, 6.07) is 20.2. The van der Waals surface area contributed by atoms with Crippen LogP contribution < -0.4 is 10.4 Å². The number of hydrogen-bond acceptors (Lipinski definition) is 20. The number of nitrogens with two attached hydrogens (primary N) is 1. The van der Waals surface area contributed by atoms with Gasteiger partial charge >= 0.3 is 7.69 Å². The summed E-state index contributed by atoms with van der Waals surface area (Å²) in [4.78, 5) is 46.5. The molecule has 1 radical (unpaired) electrons. The Morgan fingerprint density at radius 3 is 0.993 bits per heavy atom. The number of aliphatic hydroxyl groups is 3. The summed E-state index contributed by atoms with van der Waals surface area (Å²) in [5.74, 6) is 1.95. The number of aryl methyl sites for hydroxylation is 3. The Labute approximate surface area is 915 Å². The van der Waals surface area contributed by atoms with Gasteiger partial charge in [-0.15, -0.1) is 0 Å². The molecule has 148 heavy (non-hydrogen) atoms. The molecule has 7 N–H and O–H groups in total. The molecule has 18 rings (SSSR count). The van der Waals surface area contributed by atoms with Crippen LogP contribution in [0.1, 0.15) is 273 Å². The zero-order chi connectivity index (χ0) is 109. The predicted octanol–water partition coefficient (Wildman–Crippen LogP) is 30.2. The Morgan fingerprint density at radius 2 is 0.676 bits per heavy atom. The maximum atomic E-state index is 13.5. The topological polar surface area (TPSA) is 318 Å². The molecule has 3 aromatic carbocycles. The molecule has 5 aliphatic rings. The van der Waals surface area contributed by atoms with Crippen LogP contribution in [-0.4, -0.2) is 185 Å². The summed E-state index contributed by atoms with van der Waals surface area (Å²) in [6.45, 7) is 55.0. The van der Waals surface area contributed by atoms with E-state index in [-0.39, 0.29) is 50.1 Å². The fourth-order valence-corrected chi connectivity index (χ4v) is 25.3. The molecular formula is C110H160BBr3Cl2F3N16O9Si4. The number of unbranched alkanes of at least 4 members (excludes halogenated alkanes) is 1. The third-order valence-corrected chi connectivity index (χ3v) is 51.1. The van der Waals surface area contributed by atoms with Gasteiger partial charge in [0.15, 0.2) is 33.3 Å². The van der Waals surface area contributed by atoms with Crippen LogP contribution in [0.5, 0.6) is 5.75 Å². The van der Waals surface area contributed by atoms with Crippen molar-refractivity contribution in [3.63, 3.8) is 0 Å². The average molecular weight is 2340 g/mol. The van der Waals surface area contributed by atoms with Crippen molar-refractivity contribution in [2.24, 2.45) is 5.73 Å². The first-order valence-electron chi connectivity index (χ1n) is 52.2. The van der Waals surface area contributed by atoms with E-state index in [1.54, 1.807) is 30.7 Å². The van der Waals surface area contributed by atoms with Crippen molar-refractivity contribution in [2.75, 3.05) is 13.7 Å². The molecule has 0 bridgehead atoms. The molecule has 10 heterocycles. The van der Waals surface area contributed by atoms with E-state index < -0.39 is 33.3 Å². The largest absolute Gasteiger partial charge is 0.569 e. The van der Waals surface area contributed by atoms with Gasteiger partial charge in [0.05, 0.1) is 28.4 Å². The number of fused-ring (bicyclic) bond motifs is 5. The fraction of sp³-hybridized carbons (Fsp3) is 0.564. The molecule has 809 valence electrons. The Hall–Kier alpha value is -7.06. The van der Waals surface area contributed by atoms with E-state index in [0.717, 1.165) is 250 Å². The van der Waals surface area contributed by atoms with Gasteiger partial charge in [0.25, 0.3) is 0 Å². The molecule has 0 saturated heterocycles. The summed E-state index contributed by atoms with van der Waals surface area (Å²) in [5, 5.41) is 41.1. The van der Waals surface area contributed by atoms with Crippen molar-refractivity contribution < 1.29 is 55.9 Å². The lowest BCUT2D eigenvalue weighted by molar-refractivity contribution is 0.0596. The first-order valence-corrected chi connectivity index (χ1v) is 67.0. The average Bonchev–Trinajstić information content (AvgIpc) is 1.62. The minimum atomic E-state index is -1.75. The number of nitrogens with one attached hydrogen (secondary N) is 1. The Balaban J connectivity index is 0.000000179. The van der Waals surface area contributed by atoms with Gasteiger partial charge in [-0.1, -0.05) is 121 Å². The summed E-state index contributed by atoms with van der Waals surface area (Å²) in [6.07, 6.45) is 43.9. The first kappa shape index (κ1) is 123. The normalized spacial score (nSPS) is 20.0. The van der Waals surface area contributed by atoms with Crippen molar-refractivity contribution in [3.8, 4) is 28.0 Å². The van der Waals surface area contributed by atoms with Gasteiger partial charge < -0.3 is 71.7 Å². The van der Waals surface area contributed by atoms with Gasteiger partial charge in [-0.3, -0.25) is 0 Å². The third kappa shape index (κ3) is 33.7. The Kier molecular flexibility index (Phi) is 45.1. The zero-order valence-electron chi connectivity index (χ0n) is 91.5. The highest BCUT2D eigenvalue weighted by molar-refractivity contribution is 9.11. The van der Waals surface area contributed by atoms with Crippen molar-refractivity contribution in [1.82, 2.24) is 73.1 Å². The number of rotatable bonds is 18. The molecule has 5 aliphatic carbocycles. The van der Waals surface area contributed by atoms with Gasteiger partial charge in [-0.05, 0) is 365 Å². The van der Waals surface area contributed by atoms with Crippen LogP contribution in [0.3, 0.4) is 0 Å². The van der Waals surface area contributed by atoms with Crippen LogP contribution in [0.15, 0.2) is 148 Å². The van der Waals surface area contributed by atoms with E-state index in [9.17, 15) is 23.4 Å². The smallest absolute Gasteiger partial charge is 0.537 e. The van der Waals surface area contributed by atoms with Crippen LogP contribution in [0.2, 0.25) is 83.1 Å². The lowest BCUT2D eigenvalue weighted by Crippen LogP contribution is -2.45. The van der Waals surface area contributed by atoms with Crippen molar-refractivity contribution >= 4 is 167 Å². The highest BCUT2D eigenvalue weighted by atomic mass is 79.9. The summed E-state index contributed by atoms with van der Waals surface area (Å²) in [5.41, 5.74) is 13.8. The molecule has 0 aliphatic heterocycles. The minimum Gasteiger partial charge on any atom is -0.537 e. The number of benzene rings is 3. The maximum Gasteiger partial charge on any atom is 0.569 e. The van der Waals surface area contributed by atoms with Crippen LogP contribution in [0.25, 0.3) is 77.4 Å². The molecule has 0 amide bonds. The standard InChI is InChI=1S/C25H34FN3OSi.C19H30BrN3OSi.C19H20FN3O.C18H27BrClN3OSi.C12H26O2Si.C6H5BFO2.C6H3BrClN3.C4H11N.CH4O/c1-17-27-15-22-23(18-7-9-19(26)10-8-18)16-29(24(22)28-17)20-11-13-21(14-12-20)30-31(5,6)25(2,3)4;1-13-21-11-16-17(20)12-23(18(16)22-13)14-7-9-15(10-8-14)24-25(5,6)19(2,3)4;1-12-21-10-17-18(13-2-4-14(20)5-3-13)11-23(19(17)22-12)15-6-8-16(24)9-7-15;1-18(2,3)25(4,5)24-13-8-6-12(7-9-13)23-11-15(19)14-10-21-17(20)22-16(14)23;1-12(2,3)15(4,5)14-11-8-6-10(13)7-9-11;8-5-1-3-6(4-2-5)10-7-9;7-4-2-9-5-3(4)1-10-6(8)11-5;1-2-3-4-5;1-2/h7-10,15-16,20-21H,11-14H2,1-6H3;11-12,14-15H,7-10H2,1-6H3;2-5,10-11,15-16,24H,6-9H2,1H3;10-13H,6-9H2,1-5H3;10-11,13H,6-9H2,1-5H3;1-4,9H;1-2H,(H,9,10,11);2-5H2,1H3;2H,1H3. The van der Waals surface area contributed by atoms with E-state index in [0.29, 0.717) is 72.3 Å². The first-order chi connectivity index (χ1) is 69.6. The number of aromatic amines is 1. The van der Waals surface area contributed by atoms with E-state index >= 15 is 0 Å². The van der Waals surface area contributed by atoms with Crippen LogP contribution in [0, 0.1) is 38.2 Å². The molecule has 38 heteroatoms. The van der Waals surface area contributed by atoms with E-state index in [4.69, 9.17) is 61.8 Å². The number of hydrogen-bond donors (Lipinski definition) is 6. The monoisotopic (exact) mass is 2340 g/mol. The molecule has 13 aromatic rings. The second-order valence-corrected chi connectivity index (χ2v) is 67.8. The molecule has 0 unspecified atom stereocenters. The van der Waals surface area contributed by atoms with Crippen molar-refractivity contribution in [2.45, 2.75) is 385 Å². The maximum absolute atomic E-state index is 13.5. The number of nitrogens with zero attached hydrogens (tertiary/aromatic N) is 14. The fourth-order valence-electron chi connectivity index (χ4n) is 17.9. The Morgan fingerprint density at radius 1 is 0.399 bits per heavy atom. The third-order valence-electron chi connectivity index (χ3n) is 30.6. The summed E-state index contributed by atoms with van der Waals surface area (Å²) < 4.78 is 81.9. The van der Waals surface area contributed by atoms with Crippen LogP contribution in [-0.2, 0) is 17.7 Å². The predicted molar refractivity (Wildman–Crippen MR) is 618 cm³/mol. The highest BCUT2D eigenvalue weighted by Crippen LogP contribution is 2.48. The lowest BCUT2D eigenvalue weighted by Gasteiger charge is -2.41. The van der Waals surface area contributed by atoms with Gasteiger partial charge in [-0.25, -0.2) is 53.0 Å². The highest BCUT2D eigenvalue weighted by Gasteiger charge is 2.45. The molecule has 0 spiro atoms. The minimum absolute atomic E-state index is 0.0794. The summed E-state index contributed by atoms with van der Waals surface area (Å²) in [7, 11) is -5.16. The number of halogens is 8. The zero-order valence-corrected chi connectivity index (χ0v) is 102. The molecule has 5 saturated carbocycles. The van der Waals surface area contributed by atoms with Gasteiger partial charge in [0, 0.05) is 153 Å². The summed E-state index contributed by atoms with van der Waals surface area (Å²) >= 11 is 22.2. The van der Waals surface area contributed by atoms with Gasteiger partial charge in [-0.2, -0.15) is 9.97 Å². The molecular weight excluding hydrogens is 2180 g/mol. The van der Waals surface area contributed by atoms with Crippen molar-refractivity contribution in [1.29, 1.82) is 0 Å². The van der Waals surface area contributed by atoms with Gasteiger partial charge in [0.2, 0.25) is 10.6 Å².